The zero-order valence-corrected chi connectivity index (χ0v) is 16.7. The zero-order valence-electron chi connectivity index (χ0n) is 15.0. The smallest absolute Gasteiger partial charge is 0.273 e. The monoisotopic (exact) mass is 398 g/mol. The summed E-state index contributed by atoms with van der Waals surface area (Å²) < 4.78 is 24.3. The Kier molecular flexibility index (Phi) is 6.02. The van der Waals surface area contributed by atoms with Gasteiger partial charge in [0.1, 0.15) is 0 Å². The van der Waals surface area contributed by atoms with Gasteiger partial charge in [0.05, 0.1) is 15.9 Å². The van der Waals surface area contributed by atoms with Gasteiger partial charge in [-0.25, -0.2) is 8.42 Å². The minimum Gasteiger partial charge on any atom is -0.273 e. The van der Waals surface area contributed by atoms with Crippen LogP contribution in [0.2, 0.25) is 0 Å². The number of carbonyl (C=O) groups is 2. The number of fused-ring (bicyclic) bond motifs is 1. The molecule has 2 aliphatic carbocycles. The van der Waals surface area contributed by atoms with E-state index in [1.165, 1.54) is 21.8 Å². The minimum atomic E-state index is -3.22. The van der Waals surface area contributed by atoms with Gasteiger partial charge in [-0.2, -0.15) is 0 Å². The molecule has 0 aromatic carbocycles. The van der Waals surface area contributed by atoms with Crippen LogP contribution in [0.1, 0.15) is 65.6 Å². The molecule has 2 aliphatic rings. The van der Waals surface area contributed by atoms with Crippen molar-refractivity contribution < 1.29 is 18.0 Å². The van der Waals surface area contributed by atoms with Gasteiger partial charge in [-0.05, 0) is 49.7 Å². The summed E-state index contributed by atoms with van der Waals surface area (Å²) >= 11 is 1.47. The van der Waals surface area contributed by atoms with Crippen molar-refractivity contribution in [1.29, 1.82) is 0 Å². The van der Waals surface area contributed by atoms with Crippen LogP contribution in [0.5, 0.6) is 0 Å². The SMILES string of the molecule is CC1CCc2sc(C(=O)NNC(=O)CCS(=O)(=O)C3CCCC3)cc2C1. The van der Waals surface area contributed by atoms with Crippen molar-refractivity contribution in [1.82, 2.24) is 10.9 Å². The molecular formula is C18H26N2O4S2. The maximum absolute atomic E-state index is 12.2. The number of carbonyl (C=O) groups excluding carboxylic acids is 2. The van der Waals surface area contributed by atoms with E-state index < -0.39 is 15.7 Å². The van der Waals surface area contributed by atoms with Crippen molar-refractivity contribution >= 4 is 33.0 Å². The fraction of sp³-hybridized carbons (Fsp3) is 0.667. The average molecular weight is 399 g/mol. The molecule has 3 rings (SSSR count). The van der Waals surface area contributed by atoms with Crippen LogP contribution in [0, 0.1) is 5.92 Å². The second-order valence-corrected chi connectivity index (χ2v) is 11.0. The Morgan fingerprint density at radius 3 is 2.65 bits per heavy atom. The van der Waals surface area contributed by atoms with Gasteiger partial charge in [0.2, 0.25) is 5.91 Å². The largest absolute Gasteiger partial charge is 0.279 e. The third kappa shape index (κ3) is 4.65. The molecule has 26 heavy (non-hydrogen) atoms. The predicted octanol–water partition coefficient (Wildman–Crippen LogP) is 2.38. The van der Waals surface area contributed by atoms with Crippen molar-refractivity contribution in [3.8, 4) is 0 Å². The fourth-order valence-corrected chi connectivity index (χ4v) is 6.68. The van der Waals surface area contributed by atoms with E-state index in [4.69, 9.17) is 0 Å². The molecule has 1 atom stereocenters. The van der Waals surface area contributed by atoms with Gasteiger partial charge in [-0.15, -0.1) is 11.3 Å². The first-order chi connectivity index (χ1) is 12.3. The van der Waals surface area contributed by atoms with Crippen molar-refractivity contribution in [3.63, 3.8) is 0 Å². The third-order valence-electron chi connectivity index (χ3n) is 5.29. The molecule has 1 aromatic heterocycles. The summed E-state index contributed by atoms with van der Waals surface area (Å²) in [6.45, 7) is 2.21. The average Bonchev–Trinajstić information content (AvgIpc) is 3.27. The van der Waals surface area contributed by atoms with Crippen LogP contribution in [-0.4, -0.2) is 31.2 Å². The zero-order chi connectivity index (χ0) is 18.7. The highest BCUT2D eigenvalue weighted by molar-refractivity contribution is 7.92. The molecular weight excluding hydrogens is 372 g/mol. The highest BCUT2D eigenvalue weighted by Gasteiger charge is 2.29. The lowest BCUT2D eigenvalue weighted by Gasteiger charge is -2.16. The third-order valence-corrected chi connectivity index (χ3v) is 8.79. The van der Waals surface area contributed by atoms with E-state index in [2.05, 4.69) is 17.8 Å². The van der Waals surface area contributed by atoms with Crippen LogP contribution in [0.4, 0.5) is 0 Å². The van der Waals surface area contributed by atoms with Crippen molar-refractivity contribution in [3.05, 3.63) is 21.4 Å². The number of hydrazine groups is 1. The quantitative estimate of drug-likeness (QED) is 0.745. The molecule has 0 radical (unpaired) electrons. The summed E-state index contributed by atoms with van der Waals surface area (Å²) in [5.74, 6) is -0.349. The lowest BCUT2D eigenvalue weighted by molar-refractivity contribution is -0.121. The van der Waals surface area contributed by atoms with Gasteiger partial charge in [-0.1, -0.05) is 19.8 Å². The fourth-order valence-electron chi connectivity index (χ4n) is 3.72. The van der Waals surface area contributed by atoms with Gasteiger partial charge in [0, 0.05) is 11.3 Å². The van der Waals surface area contributed by atoms with E-state index in [9.17, 15) is 18.0 Å². The molecule has 1 aromatic rings. The van der Waals surface area contributed by atoms with Gasteiger partial charge in [-0.3, -0.25) is 20.4 Å². The summed E-state index contributed by atoms with van der Waals surface area (Å²) in [7, 11) is -3.22. The Morgan fingerprint density at radius 1 is 1.19 bits per heavy atom. The Bertz CT molecular complexity index is 779. The molecule has 0 bridgehead atoms. The molecule has 1 heterocycles. The first-order valence-corrected chi connectivity index (χ1v) is 11.8. The summed E-state index contributed by atoms with van der Waals surface area (Å²) in [4.78, 5) is 26.0. The second-order valence-electron chi connectivity index (χ2n) is 7.43. The van der Waals surface area contributed by atoms with Crippen LogP contribution >= 0.6 is 11.3 Å². The molecule has 6 nitrogen and oxygen atoms in total. The van der Waals surface area contributed by atoms with Gasteiger partial charge in [0.15, 0.2) is 9.84 Å². The topological polar surface area (TPSA) is 92.3 Å². The summed E-state index contributed by atoms with van der Waals surface area (Å²) in [6.07, 6.45) is 6.28. The molecule has 0 spiro atoms. The molecule has 1 fully saturated rings. The summed E-state index contributed by atoms with van der Waals surface area (Å²) in [5.41, 5.74) is 5.97. The molecule has 2 amide bonds. The molecule has 1 unspecified atom stereocenters. The lowest BCUT2D eigenvalue weighted by atomic mass is 9.90. The maximum Gasteiger partial charge on any atom is 0.279 e. The Hall–Kier alpha value is -1.41. The Morgan fingerprint density at radius 2 is 1.92 bits per heavy atom. The lowest BCUT2D eigenvalue weighted by Crippen LogP contribution is -2.42. The van der Waals surface area contributed by atoms with Crippen molar-refractivity contribution in [2.24, 2.45) is 5.92 Å². The van der Waals surface area contributed by atoms with Gasteiger partial charge < -0.3 is 0 Å². The Balaban J connectivity index is 1.46. The number of sulfone groups is 1. The van der Waals surface area contributed by atoms with E-state index in [1.54, 1.807) is 0 Å². The normalized spacial score (nSPS) is 20.6. The van der Waals surface area contributed by atoms with E-state index in [-0.39, 0.29) is 23.3 Å². The summed E-state index contributed by atoms with van der Waals surface area (Å²) in [5, 5.41) is -0.301. The molecule has 8 heteroatoms. The summed E-state index contributed by atoms with van der Waals surface area (Å²) in [6, 6.07) is 1.90. The van der Waals surface area contributed by atoms with Crippen LogP contribution < -0.4 is 10.9 Å². The number of hydrogen-bond donors (Lipinski definition) is 2. The van der Waals surface area contributed by atoms with Crippen LogP contribution in [0.3, 0.4) is 0 Å². The van der Waals surface area contributed by atoms with Crippen molar-refractivity contribution in [2.75, 3.05) is 5.75 Å². The number of rotatable bonds is 5. The van der Waals surface area contributed by atoms with E-state index in [0.29, 0.717) is 23.6 Å². The molecule has 2 N–H and O–H groups in total. The molecule has 144 valence electrons. The minimum absolute atomic E-state index is 0.127. The van der Waals surface area contributed by atoms with Crippen LogP contribution in [0.15, 0.2) is 6.07 Å². The Labute approximate surface area is 158 Å². The number of thiophene rings is 1. The van der Waals surface area contributed by atoms with E-state index in [1.807, 2.05) is 6.07 Å². The van der Waals surface area contributed by atoms with Gasteiger partial charge >= 0.3 is 0 Å². The first kappa shape index (κ1) is 19.4. The number of nitrogens with one attached hydrogen (secondary N) is 2. The molecule has 0 aliphatic heterocycles. The van der Waals surface area contributed by atoms with Crippen LogP contribution in [0.25, 0.3) is 0 Å². The molecule has 1 saturated carbocycles. The standard InChI is InChI=1S/C18H26N2O4S2/c1-12-6-7-15-13(10-12)11-16(25-15)18(22)20-19-17(21)8-9-26(23,24)14-4-2-3-5-14/h11-12,14H,2-10H2,1H3,(H,19,21)(H,20,22). The van der Waals surface area contributed by atoms with Crippen molar-refractivity contribution in [2.45, 2.75) is 63.5 Å². The van der Waals surface area contributed by atoms with Gasteiger partial charge in [0.25, 0.3) is 5.91 Å². The maximum atomic E-state index is 12.2. The van der Waals surface area contributed by atoms with E-state index in [0.717, 1.165) is 32.1 Å². The molecule has 0 saturated heterocycles. The number of amides is 2. The van der Waals surface area contributed by atoms with Crippen LogP contribution in [-0.2, 0) is 27.5 Å². The number of aryl methyl sites for hydroxylation is 1. The highest BCUT2D eigenvalue weighted by Crippen LogP contribution is 2.32. The highest BCUT2D eigenvalue weighted by atomic mass is 32.2. The predicted molar refractivity (Wildman–Crippen MR) is 102 cm³/mol. The van der Waals surface area contributed by atoms with E-state index >= 15 is 0 Å². The first-order valence-electron chi connectivity index (χ1n) is 9.27. The second kappa shape index (κ2) is 8.08. The number of hydrogen-bond acceptors (Lipinski definition) is 5.